The number of hydrogen-bond acceptors (Lipinski definition) is 4. The fourth-order valence-corrected chi connectivity index (χ4v) is 2.43. The number of carbonyl (C=O) groups is 1. The number of rotatable bonds is 5. The molecule has 0 radical (unpaired) electrons. The number of morpholine rings is 1. The Bertz CT molecular complexity index is 472. The first kappa shape index (κ1) is 19.2. The van der Waals surface area contributed by atoms with Crippen LogP contribution < -0.4 is 15.4 Å². The minimum atomic E-state index is -0.293. The minimum Gasteiger partial charge on any atom is -0.489 e. The van der Waals surface area contributed by atoms with E-state index in [1.807, 2.05) is 38.1 Å². The summed E-state index contributed by atoms with van der Waals surface area (Å²) < 4.78 is 12.2. The standard InChI is InChI=1S/C15H21BrN2O3.ClH/c1-10(21-13-5-3-12(16)4-6-13)9-18-15(19)14-11(2)20-8-7-17-14;/h3-6,10-11,14,17H,7-9H2,1-2H3,(H,18,19);1H/t10?,11-,14+;/m1./s1. The van der Waals surface area contributed by atoms with Crippen molar-refractivity contribution in [1.29, 1.82) is 0 Å². The van der Waals surface area contributed by atoms with E-state index in [1.165, 1.54) is 0 Å². The molecule has 0 bridgehead atoms. The number of amides is 1. The Labute approximate surface area is 145 Å². The van der Waals surface area contributed by atoms with Gasteiger partial charge in [0.25, 0.3) is 0 Å². The number of benzene rings is 1. The van der Waals surface area contributed by atoms with Crippen molar-refractivity contribution in [3.63, 3.8) is 0 Å². The summed E-state index contributed by atoms with van der Waals surface area (Å²) in [6.07, 6.45) is -0.212. The van der Waals surface area contributed by atoms with E-state index in [4.69, 9.17) is 9.47 Å². The first-order chi connectivity index (χ1) is 10.1. The van der Waals surface area contributed by atoms with Crippen LogP contribution in [-0.4, -0.2) is 43.9 Å². The van der Waals surface area contributed by atoms with Crippen LogP contribution in [-0.2, 0) is 9.53 Å². The minimum absolute atomic E-state index is 0. The molecule has 124 valence electrons. The molecule has 7 heteroatoms. The van der Waals surface area contributed by atoms with Crippen molar-refractivity contribution in [3.8, 4) is 5.75 Å². The van der Waals surface area contributed by atoms with Gasteiger partial charge in [0, 0.05) is 11.0 Å². The lowest BCUT2D eigenvalue weighted by Crippen LogP contribution is -2.56. The second-order valence-corrected chi connectivity index (χ2v) is 6.05. The lowest BCUT2D eigenvalue weighted by atomic mass is 10.1. The maximum Gasteiger partial charge on any atom is 0.239 e. The van der Waals surface area contributed by atoms with Crippen LogP contribution in [0.3, 0.4) is 0 Å². The monoisotopic (exact) mass is 392 g/mol. The summed E-state index contributed by atoms with van der Waals surface area (Å²) in [4.78, 5) is 12.1. The SMILES string of the molecule is CC(CNC(=O)[C@H]1NCCO[C@@H]1C)Oc1ccc(Br)cc1.Cl. The van der Waals surface area contributed by atoms with Gasteiger partial charge in [0.1, 0.15) is 17.9 Å². The van der Waals surface area contributed by atoms with E-state index >= 15 is 0 Å². The summed E-state index contributed by atoms with van der Waals surface area (Å²) in [7, 11) is 0. The van der Waals surface area contributed by atoms with E-state index in [9.17, 15) is 4.79 Å². The summed E-state index contributed by atoms with van der Waals surface area (Å²) in [6, 6.07) is 7.33. The molecule has 22 heavy (non-hydrogen) atoms. The summed E-state index contributed by atoms with van der Waals surface area (Å²) >= 11 is 3.38. The van der Waals surface area contributed by atoms with Gasteiger partial charge in [-0.15, -0.1) is 12.4 Å². The highest BCUT2D eigenvalue weighted by Crippen LogP contribution is 2.17. The molecule has 1 unspecified atom stereocenters. The molecule has 2 N–H and O–H groups in total. The van der Waals surface area contributed by atoms with Crippen molar-refractivity contribution in [2.24, 2.45) is 0 Å². The van der Waals surface area contributed by atoms with Crippen LogP contribution in [0, 0.1) is 0 Å². The first-order valence-corrected chi connectivity index (χ1v) is 7.90. The molecular formula is C15H22BrClN2O3. The number of hydrogen-bond donors (Lipinski definition) is 2. The van der Waals surface area contributed by atoms with Gasteiger partial charge in [-0.1, -0.05) is 15.9 Å². The quantitative estimate of drug-likeness (QED) is 0.804. The van der Waals surface area contributed by atoms with Crippen LogP contribution in [0.15, 0.2) is 28.7 Å². The molecule has 1 heterocycles. The van der Waals surface area contributed by atoms with Crippen molar-refractivity contribution in [2.45, 2.75) is 32.1 Å². The molecule has 0 spiro atoms. The Morgan fingerprint density at radius 3 is 2.82 bits per heavy atom. The van der Waals surface area contributed by atoms with E-state index in [0.717, 1.165) is 10.2 Å². The van der Waals surface area contributed by atoms with Crippen LogP contribution in [0.5, 0.6) is 5.75 Å². The van der Waals surface area contributed by atoms with Gasteiger partial charge in [-0.2, -0.15) is 0 Å². The number of ether oxygens (including phenoxy) is 2. The molecule has 1 aliphatic rings. The molecular weight excluding hydrogens is 372 g/mol. The van der Waals surface area contributed by atoms with Gasteiger partial charge in [0.15, 0.2) is 0 Å². The molecule has 1 amide bonds. The van der Waals surface area contributed by atoms with Crippen molar-refractivity contribution in [3.05, 3.63) is 28.7 Å². The maximum atomic E-state index is 12.1. The molecule has 2 rings (SSSR count). The Kier molecular flexibility index (Phi) is 8.17. The van der Waals surface area contributed by atoms with Crippen molar-refractivity contribution >= 4 is 34.2 Å². The zero-order valence-corrected chi connectivity index (χ0v) is 15.1. The molecule has 0 saturated carbocycles. The molecule has 1 aromatic rings. The van der Waals surface area contributed by atoms with E-state index in [-0.39, 0.29) is 36.6 Å². The van der Waals surface area contributed by atoms with Crippen molar-refractivity contribution in [2.75, 3.05) is 19.7 Å². The molecule has 1 fully saturated rings. The lowest BCUT2D eigenvalue weighted by Gasteiger charge is -2.29. The third kappa shape index (κ3) is 5.76. The maximum absolute atomic E-state index is 12.1. The molecule has 1 aliphatic heterocycles. The van der Waals surface area contributed by atoms with Gasteiger partial charge in [0.05, 0.1) is 19.3 Å². The highest BCUT2D eigenvalue weighted by atomic mass is 79.9. The topological polar surface area (TPSA) is 59.6 Å². The van der Waals surface area contributed by atoms with E-state index in [0.29, 0.717) is 19.7 Å². The highest BCUT2D eigenvalue weighted by molar-refractivity contribution is 9.10. The summed E-state index contributed by atoms with van der Waals surface area (Å²) in [5.41, 5.74) is 0. The van der Waals surface area contributed by atoms with Crippen LogP contribution in [0.4, 0.5) is 0 Å². The highest BCUT2D eigenvalue weighted by Gasteiger charge is 2.28. The first-order valence-electron chi connectivity index (χ1n) is 7.11. The Balaban J connectivity index is 0.00000242. The van der Waals surface area contributed by atoms with Gasteiger partial charge in [0.2, 0.25) is 5.91 Å². The third-order valence-electron chi connectivity index (χ3n) is 3.31. The Morgan fingerprint density at radius 2 is 2.18 bits per heavy atom. The molecule has 1 saturated heterocycles. The zero-order chi connectivity index (χ0) is 15.2. The number of nitrogens with one attached hydrogen (secondary N) is 2. The van der Waals surface area contributed by atoms with Crippen molar-refractivity contribution in [1.82, 2.24) is 10.6 Å². The average Bonchev–Trinajstić information content (AvgIpc) is 2.48. The van der Waals surface area contributed by atoms with Gasteiger partial charge >= 0.3 is 0 Å². The lowest BCUT2D eigenvalue weighted by molar-refractivity contribution is -0.129. The average molecular weight is 394 g/mol. The molecule has 5 nitrogen and oxygen atoms in total. The normalized spacial score (nSPS) is 22.3. The fraction of sp³-hybridized carbons (Fsp3) is 0.533. The van der Waals surface area contributed by atoms with Crippen LogP contribution in [0.25, 0.3) is 0 Å². The number of halogens is 2. The Hall–Kier alpha value is -0.820. The van der Waals surface area contributed by atoms with Crippen LogP contribution in [0.2, 0.25) is 0 Å². The van der Waals surface area contributed by atoms with E-state index < -0.39 is 0 Å². The number of carbonyl (C=O) groups excluding carboxylic acids is 1. The largest absolute Gasteiger partial charge is 0.489 e. The van der Waals surface area contributed by atoms with Crippen LogP contribution >= 0.6 is 28.3 Å². The summed E-state index contributed by atoms with van der Waals surface area (Å²) in [5, 5.41) is 6.06. The molecule has 0 aromatic heterocycles. The summed E-state index contributed by atoms with van der Waals surface area (Å²) in [5.74, 6) is 0.737. The van der Waals surface area contributed by atoms with E-state index in [1.54, 1.807) is 0 Å². The smallest absolute Gasteiger partial charge is 0.239 e. The van der Waals surface area contributed by atoms with Gasteiger partial charge in [-0.05, 0) is 38.1 Å². The third-order valence-corrected chi connectivity index (χ3v) is 3.84. The predicted octanol–water partition coefficient (Wildman–Crippen LogP) is 2.13. The second kappa shape index (κ2) is 9.35. The fourth-order valence-electron chi connectivity index (χ4n) is 2.17. The predicted molar refractivity (Wildman–Crippen MR) is 91.7 cm³/mol. The van der Waals surface area contributed by atoms with E-state index in [2.05, 4.69) is 26.6 Å². The summed E-state index contributed by atoms with van der Waals surface area (Å²) in [6.45, 7) is 5.63. The van der Waals surface area contributed by atoms with Gasteiger partial charge in [-0.25, -0.2) is 0 Å². The zero-order valence-electron chi connectivity index (χ0n) is 12.7. The Morgan fingerprint density at radius 1 is 1.50 bits per heavy atom. The van der Waals surface area contributed by atoms with Gasteiger partial charge in [-0.3, -0.25) is 4.79 Å². The second-order valence-electron chi connectivity index (χ2n) is 5.14. The molecule has 0 aliphatic carbocycles. The van der Waals surface area contributed by atoms with Crippen LogP contribution in [0.1, 0.15) is 13.8 Å². The molecule has 1 aromatic carbocycles. The molecule has 3 atom stereocenters. The van der Waals surface area contributed by atoms with Crippen molar-refractivity contribution < 1.29 is 14.3 Å². The van der Waals surface area contributed by atoms with Gasteiger partial charge < -0.3 is 20.1 Å².